The number of benzene rings is 3. The van der Waals surface area contributed by atoms with Crippen LogP contribution in [0.2, 0.25) is 0 Å². The smallest absolute Gasteiger partial charge is 0.410 e. The van der Waals surface area contributed by atoms with Gasteiger partial charge in [-0.25, -0.2) is 4.79 Å². The fourth-order valence-corrected chi connectivity index (χ4v) is 4.79. The number of hydrogen-bond donors (Lipinski definition) is 1. The molecule has 1 aliphatic rings. The molecular formula is C27H24N2O4. The van der Waals surface area contributed by atoms with Crippen LogP contribution in [0.1, 0.15) is 22.6 Å². The number of carboxylic acid groups (broad SMARTS) is 1. The number of aliphatic carboxylic acids is 1. The second kappa shape index (κ2) is 8.47. The maximum atomic E-state index is 13.0. The van der Waals surface area contributed by atoms with Crippen LogP contribution in [0.15, 0.2) is 79.0 Å². The van der Waals surface area contributed by atoms with Crippen molar-refractivity contribution in [3.63, 3.8) is 0 Å². The molecule has 166 valence electrons. The van der Waals surface area contributed by atoms with Gasteiger partial charge in [-0.1, -0.05) is 66.7 Å². The van der Waals surface area contributed by atoms with E-state index < -0.39 is 18.6 Å². The number of fused-ring (bicyclic) bond motifs is 4. The van der Waals surface area contributed by atoms with Crippen LogP contribution in [0, 0.1) is 0 Å². The van der Waals surface area contributed by atoms with Crippen molar-refractivity contribution in [3.8, 4) is 11.1 Å². The van der Waals surface area contributed by atoms with Crippen LogP contribution < -0.4 is 0 Å². The van der Waals surface area contributed by atoms with E-state index in [9.17, 15) is 14.7 Å². The van der Waals surface area contributed by atoms with E-state index in [0.29, 0.717) is 0 Å². The van der Waals surface area contributed by atoms with Crippen LogP contribution in [-0.2, 0) is 23.1 Å². The maximum absolute atomic E-state index is 13.0. The maximum Gasteiger partial charge on any atom is 0.410 e. The average molecular weight is 440 g/mol. The van der Waals surface area contributed by atoms with E-state index in [2.05, 4.69) is 24.3 Å². The van der Waals surface area contributed by atoms with Gasteiger partial charge < -0.3 is 14.4 Å². The third-order valence-corrected chi connectivity index (χ3v) is 6.26. The molecular weight excluding hydrogens is 416 g/mol. The molecule has 0 saturated heterocycles. The van der Waals surface area contributed by atoms with Crippen LogP contribution in [0.5, 0.6) is 0 Å². The largest absolute Gasteiger partial charge is 0.480 e. The predicted octanol–water partition coefficient (Wildman–Crippen LogP) is 5.01. The summed E-state index contributed by atoms with van der Waals surface area (Å²) in [4.78, 5) is 25.8. The highest BCUT2D eigenvalue weighted by molar-refractivity contribution is 5.85. The number of nitrogens with zero attached hydrogens (tertiary/aromatic N) is 2. The normalized spacial score (nSPS) is 12.4. The first-order valence-corrected chi connectivity index (χ1v) is 10.9. The lowest BCUT2D eigenvalue weighted by atomic mass is 9.98. The molecule has 4 aromatic rings. The van der Waals surface area contributed by atoms with Gasteiger partial charge in [0.25, 0.3) is 0 Å². The molecule has 6 heteroatoms. The minimum atomic E-state index is -1.08. The molecule has 1 aromatic heterocycles. The molecule has 33 heavy (non-hydrogen) atoms. The number of carbonyl (C=O) groups excluding carboxylic acids is 1. The summed E-state index contributed by atoms with van der Waals surface area (Å²) in [5.41, 5.74) is 6.42. The van der Waals surface area contributed by atoms with Crippen LogP contribution in [-0.4, -0.2) is 39.8 Å². The molecule has 0 atom stereocenters. The molecule has 0 saturated carbocycles. The number of hydrogen-bond acceptors (Lipinski definition) is 3. The number of ether oxygens (including phenoxy) is 1. The molecule has 6 nitrogen and oxygen atoms in total. The standard InChI is InChI=1S/C27H24N2O4/c1-28-14-18(19-8-6-7-13-25(19)28)15-29(16-26(30)31)27(32)33-17-24-22-11-4-2-9-20(22)21-10-3-5-12-23(21)24/h2-14,24H,15-17H2,1H3,(H,30,31). The van der Waals surface area contributed by atoms with Gasteiger partial charge in [0, 0.05) is 30.1 Å². The Morgan fingerprint density at radius 3 is 2.21 bits per heavy atom. The number of para-hydroxylation sites is 1. The van der Waals surface area contributed by atoms with Gasteiger partial charge in [0.1, 0.15) is 13.2 Å². The van der Waals surface area contributed by atoms with Crippen molar-refractivity contribution in [2.75, 3.05) is 13.2 Å². The molecule has 3 aromatic carbocycles. The summed E-state index contributed by atoms with van der Waals surface area (Å²) in [7, 11) is 1.93. The van der Waals surface area contributed by atoms with E-state index in [0.717, 1.165) is 38.7 Å². The lowest BCUT2D eigenvalue weighted by Gasteiger charge is -2.22. The Kier molecular flexibility index (Phi) is 5.34. The van der Waals surface area contributed by atoms with Gasteiger partial charge in [0.15, 0.2) is 0 Å². The van der Waals surface area contributed by atoms with E-state index in [-0.39, 0.29) is 19.1 Å². The van der Waals surface area contributed by atoms with Gasteiger partial charge in [-0.15, -0.1) is 0 Å². The van der Waals surface area contributed by atoms with Crippen molar-refractivity contribution in [1.82, 2.24) is 9.47 Å². The second-order valence-electron chi connectivity index (χ2n) is 8.34. The predicted molar refractivity (Wildman–Crippen MR) is 126 cm³/mol. The number of rotatable bonds is 6. The molecule has 0 unspecified atom stereocenters. The number of carboxylic acids is 1. The Labute approximate surface area is 191 Å². The molecule has 1 amide bonds. The first-order valence-electron chi connectivity index (χ1n) is 10.9. The van der Waals surface area contributed by atoms with Gasteiger partial charge in [-0.2, -0.15) is 0 Å². The minimum Gasteiger partial charge on any atom is -0.480 e. The van der Waals surface area contributed by atoms with Gasteiger partial charge in [0.2, 0.25) is 0 Å². The zero-order chi connectivity index (χ0) is 22.9. The van der Waals surface area contributed by atoms with E-state index >= 15 is 0 Å². The highest BCUT2D eigenvalue weighted by Gasteiger charge is 2.30. The van der Waals surface area contributed by atoms with Gasteiger partial charge in [-0.05, 0) is 33.9 Å². The first kappa shape index (κ1) is 20.8. The zero-order valence-corrected chi connectivity index (χ0v) is 18.3. The molecule has 5 rings (SSSR count). The highest BCUT2D eigenvalue weighted by atomic mass is 16.6. The summed E-state index contributed by atoms with van der Waals surface area (Å²) in [5, 5.41) is 10.4. The molecule has 1 N–H and O–H groups in total. The SMILES string of the molecule is Cn1cc(CN(CC(=O)O)C(=O)OCC2c3ccccc3-c3ccccc32)c2ccccc21. The molecule has 0 fully saturated rings. The lowest BCUT2D eigenvalue weighted by Crippen LogP contribution is -2.36. The van der Waals surface area contributed by atoms with Crippen molar-refractivity contribution >= 4 is 23.0 Å². The summed E-state index contributed by atoms with van der Waals surface area (Å²) in [6, 6.07) is 24.1. The fourth-order valence-electron chi connectivity index (χ4n) is 4.79. The van der Waals surface area contributed by atoms with Crippen LogP contribution in [0.25, 0.3) is 22.0 Å². The summed E-state index contributed by atoms with van der Waals surface area (Å²) in [5.74, 6) is -1.16. The third kappa shape index (κ3) is 3.84. The van der Waals surface area contributed by atoms with Gasteiger partial charge in [0.05, 0.1) is 6.54 Å². The Morgan fingerprint density at radius 2 is 1.55 bits per heavy atom. The van der Waals surface area contributed by atoms with Gasteiger partial charge >= 0.3 is 12.1 Å². The Hall–Kier alpha value is -4.06. The minimum absolute atomic E-state index is 0.0782. The van der Waals surface area contributed by atoms with E-state index in [1.54, 1.807) is 0 Å². The Balaban J connectivity index is 1.37. The summed E-state index contributed by atoms with van der Waals surface area (Å²) in [6.45, 7) is -0.122. The van der Waals surface area contributed by atoms with E-state index in [1.165, 1.54) is 4.90 Å². The molecule has 1 aliphatic carbocycles. The zero-order valence-electron chi connectivity index (χ0n) is 18.3. The Morgan fingerprint density at radius 1 is 0.939 bits per heavy atom. The van der Waals surface area contributed by atoms with Crippen molar-refractivity contribution < 1.29 is 19.4 Å². The topological polar surface area (TPSA) is 71.8 Å². The van der Waals surface area contributed by atoms with Crippen LogP contribution >= 0.6 is 0 Å². The molecule has 0 aliphatic heterocycles. The third-order valence-electron chi connectivity index (χ3n) is 6.26. The summed E-state index contributed by atoms with van der Waals surface area (Å²) >= 11 is 0. The second-order valence-corrected chi connectivity index (χ2v) is 8.34. The molecule has 0 radical (unpaired) electrons. The van der Waals surface area contributed by atoms with Crippen molar-refractivity contribution in [3.05, 3.63) is 95.7 Å². The van der Waals surface area contributed by atoms with Gasteiger partial charge in [-0.3, -0.25) is 9.69 Å². The van der Waals surface area contributed by atoms with Crippen molar-refractivity contribution in [2.45, 2.75) is 12.5 Å². The fraction of sp³-hybridized carbons (Fsp3) is 0.185. The molecule has 1 heterocycles. The van der Waals surface area contributed by atoms with E-state index in [1.807, 2.05) is 66.3 Å². The first-order chi connectivity index (χ1) is 16.0. The van der Waals surface area contributed by atoms with Crippen LogP contribution in [0.3, 0.4) is 0 Å². The lowest BCUT2D eigenvalue weighted by molar-refractivity contribution is -0.138. The van der Waals surface area contributed by atoms with E-state index in [4.69, 9.17) is 4.74 Å². The van der Waals surface area contributed by atoms with Crippen LogP contribution in [0.4, 0.5) is 4.79 Å². The van der Waals surface area contributed by atoms with Crippen molar-refractivity contribution in [2.24, 2.45) is 7.05 Å². The summed E-state index contributed by atoms with van der Waals surface area (Å²) in [6.07, 6.45) is 1.29. The average Bonchev–Trinajstić information content (AvgIpc) is 3.31. The monoisotopic (exact) mass is 440 g/mol. The van der Waals surface area contributed by atoms with Crippen molar-refractivity contribution in [1.29, 1.82) is 0 Å². The number of aryl methyl sites for hydroxylation is 1. The number of carbonyl (C=O) groups is 2. The number of aromatic nitrogens is 1. The quantitative estimate of drug-likeness (QED) is 0.457. The Bertz CT molecular complexity index is 1310. The summed E-state index contributed by atoms with van der Waals surface area (Å²) < 4.78 is 7.68. The number of amides is 1. The highest BCUT2D eigenvalue weighted by Crippen LogP contribution is 2.44. The molecule has 0 spiro atoms. The molecule has 0 bridgehead atoms.